The van der Waals surface area contributed by atoms with Crippen LogP contribution in [0.4, 0.5) is 5.13 Å². The highest BCUT2D eigenvalue weighted by molar-refractivity contribution is 7.89. The van der Waals surface area contributed by atoms with Gasteiger partial charge in [0.1, 0.15) is 21.2 Å². The number of hydrogen-bond donors (Lipinski definition) is 1. The van der Waals surface area contributed by atoms with Gasteiger partial charge in [0, 0.05) is 18.7 Å². The molecule has 3 aromatic heterocycles. The zero-order chi connectivity index (χ0) is 23.0. The van der Waals surface area contributed by atoms with E-state index in [2.05, 4.69) is 10.3 Å². The van der Waals surface area contributed by atoms with E-state index in [0.29, 0.717) is 40.3 Å². The highest BCUT2D eigenvalue weighted by atomic mass is 35.5. The summed E-state index contributed by atoms with van der Waals surface area (Å²) in [5.74, 6) is 0.615. The predicted octanol–water partition coefficient (Wildman–Crippen LogP) is 5.35. The van der Waals surface area contributed by atoms with Gasteiger partial charge in [0.15, 0.2) is 10.9 Å². The standard InChI is InChI=1S/C22H18ClN3O5S2/c23-15-8-7-14(13-18(15)33(28,29)26-9-1-2-10-26)21(27)25-22-24-19(16-5-3-11-30-16)20(32-22)17-6-4-12-31-17/h3-8,11-13H,1-2,9-10H2,(H,24,25,27). The normalized spacial score (nSPS) is 14.6. The largest absolute Gasteiger partial charge is 0.463 e. The van der Waals surface area contributed by atoms with E-state index in [1.165, 1.54) is 40.1 Å². The summed E-state index contributed by atoms with van der Waals surface area (Å²) in [6.07, 6.45) is 4.69. The zero-order valence-electron chi connectivity index (χ0n) is 17.2. The van der Waals surface area contributed by atoms with Crippen LogP contribution >= 0.6 is 22.9 Å². The number of benzene rings is 1. The van der Waals surface area contributed by atoms with Gasteiger partial charge in [-0.05, 0) is 55.3 Å². The van der Waals surface area contributed by atoms with E-state index in [9.17, 15) is 13.2 Å². The van der Waals surface area contributed by atoms with Crippen LogP contribution in [0.1, 0.15) is 23.2 Å². The first-order chi connectivity index (χ1) is 15.9. The van der Waals surface area contributed by atoms with Crippen LogP contribution in [0.3, 0.4) is 0 Å². The minimum Gasteiger partial charge on any atom is -0.463 e. The molecule has 8 nitrogen and oxygen atoms in total. The summed E-state index contributed by atoms with van der Waals surface area (Å²) in [6.45, 7) is 0.888. The number of nitrogens with one attached hydrogen (secondary N) is 1. The van der Waals surface area contributed by atoms with Crippen molar-refractivity contribution in [1.29, 1.82) is 0 Å². The number of sulfonamides is 1. The van der Waals surface area contributed by atoms with E-state index in [-0.39, 0.29) is 15.5 Å². The summed E-state index contributed by atoms with van der Waals surface area (Å²) in [6, 6.07) is 11.3. The first kappa shape index (κ1) is 21.9. The van der Waals surface area contributed by atoms with Crippen molar-refractivity contribution in [3.63, 3.8) is 0 Å². The number of carbonyl (C=O) groups excluding carboxylic acids is 1. The molecule has 1 amide bonds. The molecule has 1 N–H and O–H groups in total. The van der Waals surface area contributed by atoms with Gasteiger partial charge < -0.3 is 8.83 Å². The lowest BCUT2D eigenvalue weighted by Crippen LogP contribution is -2.28. The lowest BCUT2D eigenvalue weighted by atomic mass is 10.2. The third-order valence-corrected chi connectivity index (χ3v) is 8.59. The molecule has 0 saturated carbocycles. The van der Waals surface area contributed by atoms with Crippen molar-refractivity contribution >= 4 is 44.0 Å². The summed E-state index contributed by atoms with van der Waals surface area (Å²) >= 11 is 7.42. The van der Waals surface area contributed by atoms with Crippen LogP contribution in [-0.2, 0) is 10.0 Å². The molecule has 0 aliphatic carbocycles. The molecular formula is C22H18ClN3O5S2. The second kappa shape index (κ2) is 8.79. The molecule has 1 fully saturated rings. The fourth-order valence-electron chi connectivity index (χ4n) is 3.61. The Morgan fingerprint density at radius 1 is 1.06 bits per heavy atom. The lowest BCUT2D eigenvalue weighted by molar-refractivity contribution is 0.102. The van der Waals surface area contributed by atoms with E-state index in [1.807, 2.05) is 0 Å². The minimum atomic E-state index is -3.78. The number of amides is 1. The van der Waals surface area contributed by atoms with E-state index in [1.54, 1.807) is 30.5 Å². The Balaban J connectivity index is 1.45. The molecule has 0 atom stereocenters. The van der Waals surface area contributed by atoms with Gasteiger partial charge in [0.05, 0.1) is 17.5 Å². The number of nitrogens with zero attached hydrogens (tertiary/aromatic N) is 2. The van der Waals surface area contributed by atoms with E-state index in [4.69, 9.17) is 20.4 Å². The van der Waals surface area contributed by atoms with Crippen molar-refractivity contribution in [3.8, 4) is 22.1 Å². The number of furan rings is 2. The minimum absolute atomic E-state index is 0.0768. The van der Waals surface area contributed by atoms with Crippen LogP contribution in [-0.4, -0.2) is 36.7 Å². The maximum Gasteiger partial charge on any atom is 0.257 e. The number of thiazole rings is 1. The maximum absolute atomic E-state index is 13.0. The van der Waals surface area contributed by atoms with Crippen molar-refractivity contribution in [2.24, 2.45) is 0 Å². The van der Waals surface area contributed by atoms with Gasteiger partial charge in [-0.15, -0.1) is 0 Å². The molecule has 1 aliphatic rings. The molecule has 0 spiro atoms. The fourth-order valence-corrected chi connectivity index (χ4v) is 6.56. The average Bonchev–Trinajstić information content (AvgIpc) is 3.61. The molecule has 0 unspecified atom stereocenters. The van der Waals surface area contributed by atoms with E-state index < -0.39 is 15.9 Å². The third kappa shape index (κ3) is 4.22. The van der Waals surface area contributed by atoms with Crippen LogP contribution in [0.5, 0.6) is 0 Å². The molecule has 0 bridgehead atoms. The number of rotatable bonds is 6. The van der Waals surface area contributed by atoms with Crippen molar-refractivity contribution in [1.82, 2.24) is 9.29 Å². The number of halogens is 1. The third-order valence-electron chi connectivity index (χ3n) is 5.22. The molecule has 1 aromatic carbocycles. The molecule has 4 heterocycles. The molecule has 170 valence electrons. The number of anilines is 1. The highest BCUT2D eigenvalue weighted by Crippen LogP contribution is 2.39. The zero-order valence-corrected chi connectivity index (χ0v) is 19.5. The maximum atomic E-state index is 13.0. The molecule has 5 rings (SSSR count). The molecular weight excluding hydrogens is 486 g/mol. The Hall–Kier alpha value is -2.92. The van der Waals surface area contributed by atoms with Crippen LogP contribution in [0.25, 0.3) is 22.1 Å². The van der Waals surface area contributed by atoms with Crippen molar-refractivity contribution < 1.29 is 22.0 Å². The van der Waals surface area contributed by atoms with E-state index >= 15 is 0 Å². The smallest absolute Gasteiger partial charge is 0.257 e. The van der Waals surface area contributed by atoms with Gasteiger partial charge >= 0.3 is 0 Å². The van der Waals surface area contributed by atoms with Gasteiger partial charge in [-0.25, -0.2) is 13.4 Å². The van der Waals surface area contributed by atoms with Gasteiger partial charge in [-0.3, -0.25) is 10.1 Å². The Kier molecular flexibility index (Phi) is 5.83. The Morgan fingerprint density at radius 3 is 2.42 bits per heavy atom. The van der Waals surface area contributed by atoms with Crippen LogP contribution < -0.4 is 5.32 Å². The summed E-state index contributed by atoms with van der Waals surface area (Å²) in [5, 5.41) is 3.14. The first-order valence-corrected chi connectivity index (χ1v) is 12.8. The van der Waals surface area contributed by atoms with Crippen LogP contribution in [0.2, 0.25) is 5.02 Å². The van der Waals surface area contributed by atoms with Crippen molar-refractivity contribution in [2.75, 3.05) is 18.4 Å². The average molecular weight is 504 g/mol. The Bertz CT molecular complexity index is 1340. The molecule has 1 saturated heterocycles. The highest BCUT2D eigenvalue weighted by Gasteiger charge is 2.30. The second-order valence-electron chi connectivity index (χ2n) is 7.36. The summed E-state index contributed by atoms with van der Waals surface area (Å²) < 4.78 is 38.3. The van der Waals surface area contributed by atoms with Gasteiger partial charge in [-0.2, -0.15) is 4.31 Å². The van der Waals surface area contributed by atoms with Crippen molar-refractivity contribution in [3.05, 3.63) is 65.6 Å². The van der Waals surface area contributed by atoms with E-state index in [0.717, 1.165) is 12.8 Å². The first-order valence-electron chi connectivity index (χ1n) is 10.1. The van der Waals surface area contributed by atoms with Gasteiger partial charge in [0.2, 0.25) is 10.0 Å². The van der Waals surface area contributed by atoms with Gasteiger partial charge in [0.25, 0.3) is 5.91 Å². The fraction of sp³-hybridized carbons (Fsp3) is 0.182. The Morgan fingerprint density at radius 2 is 1.76 bits per heavy atom. The summed E-state index contributed by atoms with van der Waals surface area (Å²) in [4.78, 5) is 18.1. The van der Waals surface area contributed by atoms with Gasteiger partial charge in [-0.1, -0.05) is 22.9 Å². The quantitative estimate of drug-likeness (QED) is 0.380. The molecule has 33 heavy (non-hydrogen) atoms. The molecule has 4 aromatic rings. The summed E-state index contributed by atoms with van der Waals surface area (Å²) in [7, 11) is -3.78. The number of carbonyl (C=O) groups is 1. The molecule has 1 aliphatic heterocycles. The molecule has 0 radical (unpaired) electrons. The van der Waals surface area contributed by atoms with Crippen LogP contribution in [0.15, 0.2) is 68.7 Å². The topological polar surface area (TPSA) is 106 Å². The Labute approximate surface area is 198 Å². The summed E-state index contributed by atoms with van der Waals surface area (Å²) in [5.41, 5.74) is 0.690. The van der Waals surface area contributed by atoms with Crippen molar-refractivity contribution in [2.45, 2.75) is 17.7 Å². The number of aromatic nitrogens is 1. The number of hydrogen-bond acceptors (Lipinski definition) is 7. The predicted molar refractivity (Wildman–Crippen MR) is 125 cm³/mol. The van der Waals surface area contributed by atoms with Crippen LogP contribution in [0, 0.1) is 0 Å². The monoisotopic (exact) mass is 503 g/mol. The SMILES string of the molecule is O=C(Nc1nc(-c2ccco2)c(-c2ccco2)s1)c1ccc(Cl)c(S(=O)(=O)N2CCCC2)c1. The second-order valence-corrected chi connectivity index (χ2v) is 10.7. The molecule has 11 heteroatoms. The lowest BCUT2D eigenvalue weighted by Gasteiger charge is -2.17.